The first kappa shape index (κ1) is 13.4. The van der Waals surface area contributed by atoms with Crippen molar-refractivity contribution in [2.24, 2.45) is 0 Å². The molecule has 1 aromatic rings. The molecule has 1 amide bonds. The number of nitrogens with zero attached hydrogens (tertiary/aromatic N) is 1. The topological polar surface area (TPSA) is 60.8 Å². The average molecular weight is 241 g/mol. The van der Waals surface area contributed by atoms with E-state index in [1.54, 1.807) is 13.8 Å². The Balaban J connectivity index is 3.08. The van der Waals surface area contributed by atoms with Gasteiger partial charge in [0, 0.05) is 7.05 Å². The molecule has 0 aromatic heterocycles. The summed E-state index contributed by atoms with van der Waals surface area (Å²) in [4.78, 5) is 13.3. The summed E-state index contributed by atoms with van der Waals surface area (Å²) >= 11 is 0. The van der Waals surface area contributed by atoms with Crippen LogP contribution in [-0.4, -0.2) is 40.2 Å². The molecule has 0 aliphatic heterocycles. The molecule has 0 aliphatic carbocycles. The van der Waals surface area contributed by atoms with Gasteiger partial charge < -0.3 is 15.1 Å². The van der Waals surface area contributed by atoms with E-state index in [1.807, 2.05) is 0 Å². The lowest BCUT2D eigenvalue weighted by Crippen LogP contribution is -2.47. The number of hydrogen-bond acceptors (Lipinski definition) is 3. The molecule has 2 N–H and O–H groups in total. The van der Waals surface area contributed by atoms with Gasteiger partial charge in [-0.1, -0.05) is 0 Å². The summed E-state index contributed by atoms with van der Waals surface area (Å²) < 4.78 is 13.0. The highest BCUT2D eigenvalue weighted by atomic mass is 19.1. The summed E-state index contributed by atoms with van der Waals surface area (Å²) in [5.41, 5.74) is -0.899. The SMILES string of the molecule is CN(C(=O)c1cc(F)ccc1O)C(C)(C)CO. The van der Waals surface area contributed by atoms with E-state index >= 15 is 0 Å². The fraction of sp³-hybridized carbons (Fsp3) is 0.417. The molecule has 0 bridgehead atoms. The number of aliphatic hydroxyl groups excluding tert-OH is 1. The van der Waals surface area contributed by atoms with Crippen LogP contribution in [0.1, 0.15) is 24.2 Å². The van der Waals surface area contributed by atoms with Crippen molar-refractivity contribution in [3.05, 3.63) is 29.6 Å². The van der Waals surface area contributed by atoms with Gasteiger partial charge in [0.15, 0.2) is 0 Å². The number of rotatable bonds is 3. The number of aromatic hydroxyl groups is 1. The molecule has 94 valence electrons. The van der Waals surface area contributed by atoms with Gasteiger partial charge in [0.25, 0.3) is 5.91 Å². The Hall–Kier alpha value is -1.62. The van der Waals surface area contributed by atoms with E-state index in [0.717, 1.165) is 18.2 Å². The largest absolute Gasteiger partial charge is 0.507 e. The predicted octanol–water partition coefficient (Wildman–Crippen LogP) is 1.37. The molecule has 17 heavy (non-hydrogen) atoms. The number of amides is 1. The summed E-state index contributed by atoms with van der Waals surface area (Å²) in [6.07, 6.45) is 0. The smallest absolute Gasteiger partial charge is 0.257 e. The van der Waals surface area contributed by atoms with Crippen molar-refractivity contribution >= 4 is 5.91 Å². The zero-order valence-electron chi connectivity index (χ0n) is 10.1. The van der Waals surface area contributed by atoms with Crippen molar-refractivity contribution in [1.82, 2.24) is 4.90 Å². The lowest BCUT2D eigenvalue weighted by Gasteiger charge is -2.34. The molecular formula is C12H16FNO3. The van der Waals surface area contributed by atoms with Crippen molar-refractivity contribution in [3.8, 4) is 5.75 Å². The summed E-state index contributed by atoms with van der Waals surface area (Å²) in [7, 11) is 1.49. The van der Waals surface area contributed by atoms with Crippen LogP contribution >= 0.6 is 0 Å². The van der Waals surface area contributed by atoms with Crippen molar-refractivity contribution in [3.63, 3.8) is 0 Å². The van der Waals surface area contributed by atoms with Crippen molar-refractivity contribution < 1.29 is 19.4 Å². The third-order valence-electron chi connectivity index (χ3n) is 2.79. The van der Waals surface area contributed by atoms with E-state index in [1.165, 1.54) is 11.9 Å². The van der Waals surface area contributed by atoms with Gasteiger partial charge in [-0.3, -0.25) is 4.79 Å². The Morgan fingerprint density at radius 1 is 1.47 bits per heavy atom. The fourth-order valence-corrected chi connectivity index (χ4v) is 1.24. The Morgan fingerprint density at radius 3 is 2.59 bits per heavy atom. The second-order valence-corrected chi connectivity index (χ2v) is 4.50. The van der Waals surface area contributed by atoms with E-state index in [9.17, 15) is 14.3 Å². The number of halogens is 1. The van der Waals surface area contributed by atoms with Gasteiger partial charge in [-0.05, 0) is 32.0 Å². The van der Waals surface area contributed by atoms with E-state index < -0.39 is 17.3 Å². The van der Waals surface area contributed by atoms with Crippen LogP contribution in [0.4, 0.5) is 4.39 Å². The van der Waals surface area contributed by atoms with E-state index in [-0.39, 0.29) is 17.9 Å². The lowest BCUT2D eigenvalue weighted by molar-refractivity contribution is 0.0470. The highest BCUT2D eigenvalue weighted by molar-refractivity contribution is 5.97. The van der Waals surface area contributed by atoms with Crippen molar-refractivity contribution in [2.45, 2.75) is 19.4 Å². The lowest BCUT2D eigenvalue weighted by atomic mass is 10.0. The quantitative estimate of drug-likeness (QED) is 0.840. The second-order valence-electron chi connectivity index (χ2n) is 4.50. The predicted molar refractivity (Wildman–Crippen MR) is 61.3 cm³/mol. The highest BCUT2D eigenvalue weighted by Crippen LogP contribution is 2.22. The minimum Gasteiger partial charge on any atom is -0.507 e. The van der Waals surface area contributed by atoms with E-state index in [0.29, 0.717) is 0 Å². The number of benzene rings is 1. The number of phenolic OH excluding ortho intramolecular Hbond substituents is 1. The van der Waals surface area contributed by atoms with Crippen LogP contribution in [0.3, 0.4) is 0 Å². The number of carbonyl (C=O) groups is 1. The average Bonchev–Trinajstić information content (AvgIpc) is 2.30. The third-order valence-corrected chi connectivity index (χ3v) is 2.79. The van der Waals surface area contributed by atoms with Crippen LogP contribution in [-0.2, 0) is 0 Å². The minimum atomic E-state index is -0.782. The zero-order valence-corrected chi connectivity index (χ0v) is 10.1. The van der Waals surface area contributed by atoms with Crippen LogP contribution in [0.2, 0.25) is 0 Å². The van der Waals surface area contributed by atoms with Crippen LogP contribution in [0.25, 0.3) is 0 Å². The first-order chi connectivity index (χ1) is 7.79. The molecule has 0 aliphatic rings. The van der Waals surface area contributed by atoms with Gasteiger partial charge >= 0.3 is 0 Å². The van der Waals surface area contributed by atoms with Gasteiger partial charge in [0.2, 0.25) is 0 Å². The van der Waals surface area contributed by atoms with Gasteiger partial charge in [0.1, 0.15) is 11.6 Å². The van der Waals surface area contributed by atoms with Crippen molar-refractivity contribution in [2.75, 3.05) is 13.7 Å². The van der Waals surface area contributed by atoms with Crippen LogP contribution < -0.4 is 0 Å². The normalized spacial score (nSPS) is 11.4. The zero-order chi connectivity index (χ0) is 13.2. The summed E-state index contributed by atoms with van der Waals surface area (Å²) in [5.74, 6) is -1.42. The van der Waals surface area contributed by atoms with Gasteiger partial charge in [-0.25, -0.2) is 4.39 Å². The molecule has 0 saturated heterocycles. The Kier molecular flexibility index (Phi) is 3.72. The molecule has 0 unspecified atom stereocenters. The maximum Gasteiger partial charge on any atom is 0.257 e. The molecule has 0 radical (unpaired) electrons. The molecule has 0 atom stereocenters. The molecule has 0 heterocycles. The summed E-state index contributed by atoms with van der Waals surface area (Å²) in [6.45, 7) is 3.10. The molecule has 1 aromatic carbocycles. The Morgan fingerprint density at radius 2 is 2.06 bits per heavy atom. The molecule has 0 saturated carbocycles. The number of likely N-dealkylation sites (N-methyl/N-ethyl adjacent to an activating group) is 1. The number of carbonyl (C=O) groups excluding carboxylic acids is 1. The van der Waals surface area contributed by atoms with E-state index in [2.05, 4.69) is 0 Å². The molecular weight excluding hydrogens is 225 g/mol. The van der Waals surface area contributed by atoms with Crippen LogP contribution in [0.5, 0.6) is 5.75 Å². The monoisotopic (exact) mass is 241 g/mol. The highest BCUT2D eigenvalue weighted by Gasteiger charge is 2.29. The van der Waals surface area contributed by atoms with Gasteiger partial charge in [-0.15, -0.1) is 0 Å². The summed E-state index contributed by atoms with van der Waals surface area (Å²) in [6, 6.07) is 3.17. The maximum absolute atomic E-state index is 13.0. The van der Waals surface area contributed by atoms with Crippen LogP contribution in [0.15, 0.2) is 18.2 Å². The van der Waals surface area contributed by atoms with Crippen molar-refractivity contribution in [1.29, 1.82) is 0 Å². The number of phenols is 1. The molecule has 4 nitrogen and oxygen atoms in total. The number of hydrogen-bond donors (Lipinski definition) is 2. The first-order valence-corrected chi connectivity index (χ1v) is 5.17. The minimum absolute atomic E-state index is 0.117. The molecule has 0 fully saturated rings. The third kappa shape index (κ3) is 2.74. The second kappa shape index (κ2) is 4.71. The first-order valence-electron chi connectivity index (χ1n) is 5.17. The Labute approximate surface area is 99.3 Å². The molecule has 5 heteroatoms. The van der Waals surface area contributed by atoms with Crippen LogP contribution in [0, 0.1) is 5.82 Å². The Bertz CT molecular complexity index is 432. The van der Waals surface area contributed by atoms with E-state index in [4.69, 9.17) is 5.11 Å². The summed E-state index contributed by atoms with van der Waals surface area (Å²) in [5, 5.41) is 18.7. The van der Waals surface area contributed by atoms with Gasteiger partial charge in [0.05, 0.1) is 17.7 Å². The standard InChI is InChI=1S/C12H16FNO3/c1-12(2,7-15)14(3)11(17)9-6-8(13)4-5-10(9)16/h4-6,15-16H,7H2,1-3H3. The number of aliphatic hydroxyl groups is 1. The fourth-order valence-electron chi connectivity index (χ4n) is 1.24. The maximum atomic E-state index is 13.0. The van der Waals surface area contributed by atoms with Gasteiger partial charge in [-0.2, -0.15) is 0 Å². The molecule has 0 spiro atoms. The molecule has 1 rings (SSSR count).